The fourth-order valence-electron chi connectivity index (χ4n) is 2.90. The van der Waals surface area contributed by atoms with E-state index in [1.807, 2.05) is 48.5 Å². The first kappa shape index (κ1) is 23.3. The predicted octanol–water partition coefficient (Wildman–Crippen LogP) is 5.46. The maximum atomic E-state index is 12.7. The Morgan fingerprint density at radius 2 is 2.00 bits per heavy atom. The third kappa shape index (κ3) is 6.82. The average molecular weight is 476 g/mol. The van der Waals surface area contributed by atoms with Crippen molar-refractivity contribution in [1.82, 2.24) is 4.90 Å². The standard InChI is InChI=1S/C23H22ClNO4S2/c1-2-28-21(26)7-4-12-25-22(27)20(31-23(25)30)14-17-5-3-6-19(13-17)29-15-16-8-10-18(24)11-9-16/h3,5-6,8-11,13-14H,2,4,7,12,15H2,1H3/b20-14+. The van der Waals surface area contributed by atoms with Gasteiger partial charge in [-0.25, -0.2) is 0 Å². The summed E-state index contributed by atoms with van der Waals surface area (Å²) in [5.41, 5.74) is 1.86. The lowest BCUT2D eigenvalue weighted by atomic mass is 10.2. The van der Waals surface area contributed by atoms with Crippen molar-refractivity contribution in [1.29, 1.82) is 0 Å². The van der Waals surface area contributed by atoms with Crippen LogP contribution in [0.15, 0.2) is 53.4 Å². The molecule has 0 spiro atoms. The Labute approximate surface area is 196 Å². The minimum Gasteiger partial charge on any atom is -0.489 e. The minimum absolute atomic E-state index is 0.147. The van der Waals surface area contributed by atoms with E-state index in [1.165, 1.54) is 16.7 Å². The first-order valence-corrected chi connectivity index (χ1v) is 11.4. The summed E-state index contributed by atoms with van der Waals surface area (Å²) < 4.78 is 11.3. The van der Waals surface area contributed by atoms with Crippen LogP contribution in [0.3, 0.4) is 0 Å². The molecular weight excluding hydrogens is 454 g/mol. The monoisotopic (exact) mass is 475 g/mol. The number of thiocarbonyl (C=S) groups is 1. The zero-order valence-electron chi connectivity index (χ0n) is 17.0. The van der Waals surface area contributed by atoms with E-state index in [2.05, 4.69) is 0 Å². The Bertz CT molecular complexity index is 991. The van der Waals surface area contributed by atoms with E-state index in [0.29, 0.717) is 46.2 Å². The molecule has 0 saturated carbocycles. The molecule has 0 radical (unpaired) electrons. The molecule has 0 N–H and O–H groups in total. The highest BCUT2D eigenvalue weighted by atomic mass is 35.5. The molecule has 2 aromatic rings. The molecule has 0 atom stereocenters. The molecule has 162 valence electrons. The molecule has 3 rings (SSSR count). The van der Waals surface area contributed by atoms with Crippen LogP contribution in [-0.2, 0) is 20.9 Å². The number of hydrogen-bond acceptors (Lipinski definition) is 6. The average Bonchev–Trinajstić information content (AvgIpc) is 3.01. The van der Waals surface area contributed by atoms with Gasteiger partial charge in [0, 0.05) is 18.0 Å². The first-order chi connectivity index (χ1) is 15.0. The van der Waals surface area contributed by atoms with Gasteiger partial charge in [0.2, 0.25) is 0 Å². The van der Waals surface area contributed by atoms with Gasteiger partial charge in [-0.05, 0) is 54.8 Å². The van der Waals surface area contributed by atoms with Crippen molar-refractivity contribution >= 4 is 57.9 Å². The third-order valence-electron chi connectivity index (χ3n) is 4.42. The summed E-state index contributed by atoms with van der Waals surface area (Å²) in [6.07, 6.45) is 2.57. The van der Waals surface area contributed by atoms with Crippen molar-refractivity contribution in [2.24, 2.45) is 0 Å². The minimum atomic E-state index is -0.265. The fraction of sp³-hybridized carbons (Fsp3) is 0.261. The lowest BCUT2D eigenvalue weighted by Crippen LogP contribution is -2.29. The molecular formula is C23H22ClNO4S2. The van der Waals surface area contributed by atoms with Crippen LogP contribution in [-0.4, -0.2) is 34.2 Å². The summed E-state index contributed by atoms with van der Waals surface area (Å²) in [5.74, 6) is 0.291. The molecule has 0 unspecified atom stereocenters. The lowest BCUT2D eigenvalue weighted by Gasteiger charge is -2.13. The van der Waals surface area contributed by atoms with Gasteiger partial charge in [-0.3, -0.25) is 14.5 Å². The lowest BCUT2D eigenvalue weighted by molar-refractivity contribution is -0.143. The highest BCUT2D eigenvalue weighted by molar-refractivity contribution is 8.26. The van der Waals surface area contributed by atoms with Gasteiger partial charge < -0.3 is 9.47 Å². The maximum absolute atomic E-state index is 12.7. The SMILES string of the molecule is CCOC(=O)CCCN1C(=O)/C(=C\c2cccc(OCc3ccc(Cl)cc3)c2)SC1=S. The van der Waals surface area contributed by atoms with Crippen molar-refractivity contribution in [3.8, 4) is 5.75 Å². The molecule has 1 aliphatic rings. The van der Waals surface area contributed by atoms with E-state index in [0.717, 1.165) is 11.1 Å². The number of halogens is 1. The van der Waals surface area contributed by atoms with E-state index >= 15 is 0 Å². The number of carbonyl (C=O) groups is 2. The van der Waals surface area contributed by atoms with Crippen LogP contribution >= 0.6 is 35.6 Å². The van der Waals surface area contributed by atoms with Crippen molar-refractivity contribution < 1.29 is 19.1 Å². The van der Waals surface area contributed by atoms with Gasteiger partial charge in [-0.2, -0.15) is 0 Å². The van der Waals surface area contributed by atoms with Gasteiger partial charge in [-0.15, -0.1) is 0 Å². The molecule has 5 nitrogen and oxygen atoms in total. The summed E-state index contributed by atoms with van der Waals surface area (Å²) >= 11 is 12.5. The Balaban J connectivity index is 1.60. The Morgan fingerprint density at radius 1 is 1.23 bits per heavy atom. The van der Waals surface area contributed by atoms with E-state index in [9.17, 15) is 9.59 Å². The predicted molar refractivity (Wildman–Crippen MR) is 128 cm³/mol. The number of amides is 1. The number of hydrogen-bond donors (Lipinski definition) is 0. The van der Waals surface area contributed by atoms with Gasteiger partial charge in [0.1, 0.15) is 16.7 Å². The summed E-state index contributed by atoms with van der Waals surface area (Å²) in [4.78, 5) is 26.3. The molecule has 0 aliphatic carbocycles. The Hall–Kier alpha value is -2.35. The molecule has 1 fully saturated rings. The molecule has 0 aromatic heterocycles. The van der Waals surface area contributed by atoms with Gasteiger partial charge in [0.25, 0.3) is 5.91 Å². The zero-order valence-corrected chi connectivity index (χ0v) is 19.4. The summed E-state index contributed by atoms with van der Waals surface area (Å²) in [5, 5.41) is 0.684. The molecule has 8 heteroatoms. The van der Waals surface area contributed by atoms with Crippen LogP contribution in [0.5, 0.6) is 5.75 Å². The van der Waals surface area contributed by atoms with Gasteiger partial charge in [0.05, 0.1) is 11.5 Å². The molecule has 1 heterocycles. The second-order valence-electron chi connectivity index (χ2n) is 6.73. The van der Waals surface area contributed by atoms with Crippen molar-refractivity contribution in [3.63, 3.8) is 0 Å². The molecule has 1 amide bonds. The number of thioether (sulfide) groups is 1. The maximum Gasteiger partial charge on any atom is 0.305 e. The molecule has 2 aromatic carbocycles. The fourth-order valence-corrected chi connectivity index (χ4v) is 4.33. The molecule has 1 saturated heterocycles. The van der Waals surface area contributed by atoms with E-state index in [-0.39, 0.29) is 18.3 Å². The smallest absolute Gasteiger partial charge is 0.305 e. The summed E-state index contributed by atoms with van der Waals surface area (Å²) in [6.45, 7) is 2.93. The largest absolute Gasteiger partial charge is 0.489 e. The summed E-state index contributed by atoms with van der Waals surface area (Å²) in [7, 11) is 0. The zero-order chi connectivity index (χ0) is 22.2. The second kappa shape index (κ2) is 11.3. The highest BCUT2D eigenvalue weighted by Gasteiger charge is 2.31. The quantitative estimate of drug-likeness (QED) is 0.272. The topological polar surface area (TPSA) is 55.8 Å². The van der Waals surface area contributed by atoms with Crippen LogP contribution in [0.1, 0.15) is 30.9 Å². The Kier molecular flexibility index (Phi) is 8.51. The van der Waals surface area contributed by atoms with Gasteiger partial charge >= 0.3 is 5.97 Å². The number of esters is 1. The third-order valence-corrected chi connectivity index (χ3v) is 6.05. The van der Waals surface area contributed by atoms with E-state index in [4.69, 9.17) is 33.3 Å². The van der Waals surface area contributed by atoms with Crippen molar-refractivity contribution in [2.75, 3.05) is 13.2 Å². The van der Waals surface area contributed by atoms with E-state index in [1.54, 1.807) is 13.0 Å². The first-order valence-electron chi connectivity index (χ1n) is 9.84. The molecule has 1 aliphatic heterocycles. The van der Waals surface area contributed by atoms with Gasteiger partial charge in [-0.1, -0.05) is 59.8 Å². The number of carbonyl (C=O) groups excluding carboxylic acids is 2. The normalized spacial score (nSPS) is 14.9. The van der Waals surface area contributed by atoms with Crippen molar-refractivity contribution in [2.45, 2.75) is 26.4 Å². The Morgan fingerprint density at radius 3 is 2.74 bits per heavy atom. The number of rotatable bonds is 9. The van der Waals surface area contributed by atoms with Crippen LogP contribution in [0.25, 0.3) is 6.08 Å². The van der Waals surface area contributed by atoms with Crippen LogP contribution < -0.4 is 4.74 Å². The van der Waals surface area contributed by atoms with Crippen LogP contribution in [0.2, 0.25) is 5.02 Å². The van der Waals surface area contributed by atoms with Crippen LogP contribution in [0, 0.1) is 0 Å². The van der Waals surface area contributed by atoms with Crippen LogP contribution in [0.4, 0.5) is 0 Å². The molecule has 0 bridgehead atoms. The second-order valence-corrected chi connectivity index (χ2v) is 8.84. The summed E-state index contributed by atoms with van der Waals surface area (Å²) in [6, 6.07) is 15.0. The van der Waals surface area contributed by atoms with Crippen molar-refractivity contribution in [3.05, 3.63) is 69.6 Å². The molecule has 31 heavy (non-hydrogen) atoms. The number of ether oxygens (including phenoxy) is 2. The number of nitrogens with zero attached hydrogens (tertiary/aromatic N) is 1. The van der Waals surface area contributed by atoms with Gasteiger partial charge in [0.15, 0.2) is 0 Å². The number of benzene rings is 2. The highest BCUT2D eigenvalue weighted by Crippen LogP contribution is 2.33. The van der Waals surface area contributed by atoms with E-state index < -0.39 is 0 Å².